The molecule has 5 heterocycles. The van der Waals surface area contributed by atoms with E-state index >= 15 is 0 Å². The number of rotatable bonds is 0. The van der Waals surface area contributed by atoms with Crippen molar-refractivity contribution in [2.45, 2.75) is 77.5 Å². The van der Waals surface area contributed by atoms with Gasteiger partial charge in [0.1, 0.15) is 0 Å². The first-order chi connectivity index (χ1) is 13.8. The SMILES string of the molecule is CC1(C)N=c2nc1cc1nc(c3nc(cc4nc2NC4(C)C)C(C)(C)N=3)NC1(C)C. The van der Waals surface area contributed by atoms with E-state index in [1.807, 2.05) is 12.1 Å². The molecule has 0 saturated carbocycles. The molecule has 0 unspecified atom stereocenters. The second-order valence-corrected chi connectivity index (χ2v) is 10.5. The third kappa shape index (κ3) is 2.73. The van der Waals surface area contributed by atoms with Gasteiger partial charge in [0.15, 0.2) is 22.6 Å². The highest BCUT2D eigenvalue weighted by atomic mass is 15.2. The molecule has 0 aliphatic carbocycles. The molecule has 0 atom stereocenters. The molecule has 8 heteroatoms. The van der Waals surface area contributed by atoms with Gasteiger partial charge in [-0.1, -0.05) is 0 Å². The Morgan fingerprint density at radius 3 is 1.27 bits per heavy atom. The number of fused-ring (bicyclic) bond motifs is 10. The third-order valence-electron chi connectivity index (χ3n) is 6.05. The molecule has 0 spiro atoms. The highest BCUT2D eigenvalue weighted by Crippen LogP contribution is 2.34. The van der Waals surface area contributed by atoms with Gasteiger partial charge in [-0.05, 0) is 67.5 Å². The Labute approximate surface area is 176 Å². The lowest BCUT2D eigenvalue weighted by atomic mass is 9.97. The third-order valence-corrected chi connectivity index (χ3v) is 6.05. The number of hydrogen-bond donors (Lipinski definition) is 2. The van der Waals surface area contributed by atoms with Gasteiger partial charge < -0.3 is 10.6 Å². The molecule has 5 rings (SSSR count). The van der Waals surface area contributed by atoms with Crippen LogP contribution in [0.2, 0.25) is 0 Å². The number of nitrogens with zero attached hydrogens (tertiary/aromatic N) is 6. The highest BCUT2D eigenvalue weighted by molar-refractivity contribution is 5.47. The number of nitrogens with one attached hydrogen (secondary N) is 2. The Hall–Kier alpha value is -2.90. The summed E-state index contributed by atoms with van der Waals surface area (Å²) in [5.41, 5.74) is 3.10. The normalized spacial score (nSPS) is 22.1. The maximum absolute atomic E-state index is 4.87. The van der Waals surface area contributed by atoms with Crippen LogP contribution in [0, 0.1) is 0 Å². The summed E-state index contributed by atoms with van der Waals surface area (Å²) in [6.07, 6.45) is 0. The van der Waals surface area contributed by atoms with Crippen molar-refractivity contribution >= 4 is 11.6 Å². The molecule has 8 bridgehead atoms. The Balaban J connectivity index is 1.95. The molecular formula is C22H28N8. The van der Waals surface area contributed by atoms with Crippen molar-refractivity contribution in [3.05, 3.63) is 45.9 Å². The first-order valence-electron chi connectivity index (χ1n) is 10.3. The minimum absolute atomic E-state index is 0.364. The van der Waals surface area contributed by atoms with Gasteiger partial charge in [-0.2, -0.15) is 0 Å². The van der Waals surface area contributed by atoms with Crippen LogP contribution in [0.25, 0.3) is 0 Å². The molecule has 30 heavy (non-hydrogen) atoms. The van der Waals surface area contributed by atoms with Gasteiger partial charge in [0.25, 0.3) is 0 Å². The summed E-state index contributed by atoms with van der Waals surface area (Å²) in [4.78, 5) is 29.2. The molecule has 4 aliphatic heterocycles. The second-order valence-electron chi connectivity index (χ2n) is 10.5. The number of anilines is 2. The van der Waals surface area contributed by atoms with Crippen molar-refractivity contribution in [2.75, 3.05) is 10.6 Å². The van der Waals surface area contributed by atoms with Crippen LogP contribution in [-0.4, -0.2) is 19.9 Å². The summed E-state index contributed by atoms with van der Waals surface area (Å²) in [6.45, 7) is 16.6. The van der Waals surface area contributed by atoms with E-state index in [0.717, 1.165) is 22.8 Å². The Bertz CT molecular complexity index is 1160. The number of aromatic nitrogens is 4. The number of hydrogen-bond acceptors (Lipinski definition) is 8. The van der Waals surface area contributed by atoms with Crippen LogP contribution in [0.3, 0.4) is 0 Å². The zero-order valence-electron chi connectivity index (χ0n) is 18.8. The van der Waals surface area contributed by atoms with Crippen LogP contribution in [0.15, 0.2) is 22.1 Å². The van der Waals surface area contributed by atoms with Crippen molar-refractivity contribution < 1.29 is 0 Å². The van der Waals surface area contributed by atoms with Gasteiger partial charge in [0, 0.05) is 0 Å². The standard InChI is InChI=1S/C22H28N8/c1-19(2)11-9-12-20(3,4)29-17(24-12)18-26-14(22(7,8)30-18)10-13-21(5,6)28-16(25-13)15(23-11)27-19/h9-10H,1-8H3,(H,23,27)(H,26,30). The van der Waals surface area contributed by atoms with Crippen molar-refractivity contribution in [1.29, 1.82) is 0 Å². The van der Waals surface area contributed by atoms with Crippen LogP contribution < -0.4 is 21.6 Å². The molecule has 0 amide bonds. The Kier molecular flexibility index (Phi) is 3.45. The molecule has 1 aromatic rings. The van der Waals surface area contributed by atoms with Crippen molar-refractivity contribution in [3.8, 4) is 0 Å². The van der Waals surface area contributed by atoms with Crippen LogP contribution in [-0.2, 0) is 22.2 Å². The second kappa shape index (κ2) is 5.42. The Morgan fingerprint density at radius 2 is 0.900 bits per heavy atom. The van der Waals surface area contributed by atoms with Crippen LogP contribution >= 0.6 is 0 Å². The minimum atomic E-state index is -0.463. The van der Waals surface area contributed by atoms with E-state index < -0.39 is 11.1 Å². The smallest absolute Gasteiger partial charge is 0.192 e. The molecular weight excluding hydrogens is 376 g/mol. The fourth-order valence-corrected chi connectivity index (χ4v) is 4.02. The largest absolute Gasteiger partial charge is 0.356 e. The van der Waals surface area contributed by atoms with E-state index in [4.69, 9.17) is 29.9 Å². The van der Waals surface area contributed by atoms with Crippen molar-refractivity contribution in [1.82, 2.24) is 19.9 Å². The molecule has 4 aliphatic rings. The van der Waals surface area contributed by atoms with Gasteiger partial charge in [-0.15, -0.1) is 0 Å². The molecule has 156 valence electrons. The fraction of sp³-hybridized carbons (Fsp3) is 0.545. The molecule has 0 fully saturated rings. The molecule has 0 saturated heterocycles. The lowest BCUT2D eigenvalue weighted by Gasteiger charge is -2.20. The summed E-state index contributed by atoms with van der Waals surface area (Å²) >= 11 is 0. The van der Waals surface area contributed by atoms with Gasteiger partial charge in [-0.3, -0.25) is 9.98 Å². The predicted octanol–water partition coefficient (Wildman–Crippen LogP) is 2.57. The zero-order chi connectivity index (χ0) is 21.7. The average Bonchev–Trinajstić information content (AvgIpc) is 3.25. The van der Waals surface area contributed by atoms with E-state index in [-0.39, 0.29) is 11.1 Å². The maximum atomic E-state index is 4.87. The van der Waals surface area contributed by atoms with E-state index in [1.165, 1.54) is 0 Å². The summed E-state index contributed by atoms with van der Waals surface area (Å²) in [7, 11) is 0. The lowest BCUT2D eigenvalue weighted by Crippen LogP contribution is -2.26. The van der Waals surface area contributed by atoms with Gasteiger partial charge in [0.2, 0.25) is 0 Å². The van der Waals surface area contributed by atoms with Crippen LogP contribution in [0.1, 0.15) is 78.2 Å². The topological polar surface area (TPSA) is 100 Å². The average molecular weight is 405 g/mol. The summed E-state index contributed by atoms with van der Waals surface area (Å²) in [6, 6.07) is 4.07. The van der Waals surface area contributed by atoms with Gasteiger partial charge in [-0.25, -0.2) is 19.9 Å². The monoisotopic (exact) mass is 404 g/mol. The van der Waals surface area contributed by atoms with Gasteiger partial charge in [0.05, 0.1) is 44.9 Å². The molecule has 1 aromatic heterocycles. The van der Waals surface area contributed by atoms with Crippen molar-refractivity contribution in [3.63, 3.8) is 0 Å². The molecule has 8 nitrogen and oxygen atoms in total. The predicted molar refractivity (Wildman–Crippen MR) is 115 cm³/mol. The highest BCUT2D eigenvalue weighted by Gasteiger charge is 2.36. The van der Waals surface area contributed by atoms with E-state index in [2.05, 4.69) is 66.0 Å². The summed E-state index contributed by atoms with van der Waals surface area (Å²) in [5, 5.41) is 6.98. The fourth-order valence-electron chi connectivity index (χ4n) is 4.02. The van der Waals surface area contributed by atoms with Crippen LogP contribution in [0.4, 0.5) is 11.6 Å². The summed E-state index contributed by atoms with van der Waals surface area (Å²) in [5.74, 6) is 1.38. The van der Waals surface area contributed by atoms with Gasteiger partial charge >= 0.3 is 0 Å². The van der Waals surface area contributed by atoms with E-state index in [0.29, 0.717) is 22.6 Å². The zero-order valence-corrected chi connectivity index (χ0v) is 18.8. The van der Waals surface area contributed by atoms with Crippen LogP contribution in [0.5, 0.6) is 0 Å². The Morgan fingerprint density at radius 1 is 0.533 bits per heavy atom. The minimum Gasteiger partial charge on any atom is -0.356 e. The molecule has 0 radical (unpaired) electrons. The van der Waals surface area contributed by atoms with E-state index in [9.17, 15) is 0 Å². The van der Waals surface area contributed by atoms with Crippen molar-refractivity contribution in [2.24, 2.45) is 9.98 Å². The van der Waals surface area contributed by atoms with E-state index in [1.54, 1.807) is 0 Å². The first-order valence-corrected chi connectivity index (χ1v) is 10.3. The quantitative estimate of drug-likeness (QED) is 0.689. The molecule has 2 N–H and O–H groups in total. The molecule has 0 aromatic carbocycles. The summed E-state index contributed by atoms with van der Waals surface area (Å²) < 4.78 is 0. The first kappa shape index (κ1) is 19.1. The lowest BCUT2D eigenvalue weighted by molar-refractivity contribution is 0.547. The maximum Gasteiger partial charge on any atom is 0.192 e.